The molecule has 0 saturated carbocycles. The van der Waals surface area contributed by atoms with Gasteiger partial charge in [0.2, 0.25) is 0 Å². The van der Waals surface area contributed by atoms with Crippen LogP contribution < -0.4 is 20.9 Å². The molecule has 0 spiro atoms. The second kappa shape index (κ2) is 14.8. The van der Waals surface area contributed by atoms with Crippen molar-refractivity contribution in [2.75, 3.05) is 0 Å². The quantitative estimate of drug-likeness (QED) is 0.163. The molecule has 1 unspecified atom stereocenters. The maximum Gasteiger partial charge on any atom is 0.0547 e. The minimum atomic E-state index is 0.294. The van der Waals surface area contributed by atoms with E-state index < -0.39 is 0 Å². The molecule has 0 fully saturated rings. The molecule has 2 heterocycles. The molecule has 0 bridgehead atoms. The van der Waals surface area contributed by atoms with Gasteiger partial charge in [0.05, 0.1) is 22.1 Å². The smallest absolute Gasteiger partial charge is 0.0547 e. The number of nitrogens with zero attached hydrogens (tertiary/aromatic N) is 2. The highest BCUT2D eigenvalue weighted by atomic mass is 15.0. The normalized spacial score (nSPS) is 14.6. The van der Waals surface area contributed by atoms with E-state index in [1.54, 1.807) is 0 Å². The zero-order valence-electron chi connectivity index (χ0n) is 37.1. The number of allylic oxidation sites excluding steroid dienone is 4. The first-order chi connectivity index (χ1) is 31.8. The van der Waals surface area contributed by atoms with E-state index in [2.05, 4.69) is 226 Å². The number of aromatic nitrogens is 2. The first-order valence-electron chi connectivity index (χ1n) is 22.7. The lowest BCUT2D eigenvalue weighted by molar-refractivity contribution is 0.749. The van der Waals surface area contributed by atoms with Crippen LogP contribution in [-0.2, 0) is 0 Å². The maximum absolute atomic E-state index is 4.61. The Kier molecular flexibility index (Phi) is 8.83. The van der Waals surface area contributed by atoms with Gasteiger partial charge in [0.1, 0.15) is 0 Å². The molecular weight excluding hydrogens is 785 g/mol. The van der Waals surface area contributed by atoms with E-state index in [4.69, 9.17) is 0 Å². The molecule has 310 valence electrons. The summed E-state index contributed by atoms with van der Waals surface area (Å²) in [7, 11) is 0. The van der Waals surface area contributed by atoms with Gasteiger partial charge in [0.25, 0.3) is 0 Å². The molecule has 0 radical (unpaired) electrons. The van der Waals surface area contributed by atoms with E-state index in [9.17, 15) is 0 Å². The topological polar surface area (TPSA) is 9.86 Å². The van der Waals surface area contributed by atoms with Gasteiger partial charge in [-0.1, -0.05) is 166 Å². The number of rotatable bonds is 5. The predicted octanol–water partition coefficient (Wildman–Crippen LogP) is 13.8. The van der Waals surface area contributed by atoms with Gasteiger partial charge in [-0.2, -0.15) is 0 Å². The number of hydrogen-bond acceptors (Lipinski definition) is 0. The number of aryl methyl sites for hydroxylation is 1. The van der Waals surface area contributed by atoms with Crippen molar-refractivity contribution in [3.05, 3.63) is 208 Å². The van der Waals surface area contributed by atoms with E-state index >= 15 is 0 Å². The van der Waals surface area contributed by atoms with E-state index in [0.29, 0.717) is 5.92 Å². The maximum atomic E-state index is 4.61. The average molecular weight is 833 g/mol. The summed E-state index contributed by atoms with van der Waals surface area (Å²) in [5.41, 5.74) is 15.9. The third kappa shape index (κ3) is 5.94. The molecule has 1 aliphatic carbocycles. The van der Waals surface area contributed by atoms with E-state index in [1.807, 2.05) is 6.07 Å². The van der Waals surface area contributed by atoms with Crippen LogP contribution in [0, 0.1) is 12.8 Å². The Hall–Kier alpha value is -7.94. The molecule has 0 aliphatic heterocycles. The van der Waals surface area contributed by atoms with Gasteiger partial charge in [0, 0.05) is 32.9 Å². The van der Waals surface area contributed by atoms with Gasteiger partial charge in [0.15, 0.2) is 0 Å². The van der Waals surface area contributed by atoms with Crippen LogP contribution in [0.2, 0.25) is 0 Å². The highest BCUT2D eigenvalue weighted by molar-refractivity contribution is 6.22. The lowest BCUT2D eigenvalue weighted by atomic mass is 9.84. The molecule has 2 heteroatoms. The summed E-state index contributed by atoms with van der Waals surface area (Å²) in [6, 6.07) is 60.4. The van der Waals surface area contributed by atoms with Crippen molar-refractivity contribution in [1.82, 2.24) is 9.13 Å². The number of fused-ring (bicyclic) bond motifs is 9. The van der Waals surface area contributed by atoms with Crippen LogP contribution in [0.4, 0.5) is 0 Å². The summed E-state index contributed by atoms with van der Waals surface area (Å²) in [5, 5.41) is 14.2. The van der Waals surface area contributed by atoms with Crippen LogP contribution in [0.5, 0.6) is 0 Å². The summed E-state index contributed by atoms with van der Waals surface area (Å²) in [6.45, 7) is 20.0. The Morgan fingerprint density at radius 3 is 1.92 bits per heavy atom. The molecule has 1 aliphatic rings. The Morgan fingerprint density at radius 2 is 1.15 bits per heavy atom. The number of hydrogen-bond donors (Lipinski definition) is 0. The molecule has 65 heavy (non-hydrogen) atoms. The Morgan fingerprint density at radius 1 is 0.508 bits per heavy atom. The second-order valence-electron chi connectivity index (χ2n) is 18.0. The Bertz CT molecular complexity index is 4130. The minimum Gasteiger partial charge on any atom is -0.313 e. The van der Waals surface area contributed by atoms with Gasteiger partial charge in [-0.15, -0.1) is 0 Å². The molecular formula is C63H48N2. The Labute approximate surface area is 378 Å². The van der Waals surface area contributed by atoms with Crippen molar-refractivity contribution < 1.29 is 0 Å². The zero-order valence-corrected chi connectivity index (χ0v) is 37.1. The number of benzene rings is 9. The highest BCUT2D eigenvalue weighted by Crippen LogP contribution is 2.44. The van der Waals surface area contributed by atoms with Crippen molar-refractivity contribution in [3.8, 4) is 27.9 Å². The highest BCUT2D eigenvalue weighted by Gasteiger charge is 2.24. The largest absolute Gasteiger partial charge is 0.313 e. The fraction of sp³-hybridized carbons (Fsp3) is 0.0794. The third-order valence-electron chi connectivity index (χ3n) is 14.3. The van der Waals surface area contributed by atoms with Crippen molar-refractivity contribution in [2.45, 2.75) is 27.2 Å². The fourth-order valence-electron chi connectivity index (χ4n) is 11.0. The van der Waals surface area contributed by atoms with Crippen LogP contribution in [-0.4, -0.2) is 9.13 Å². The molecule has 1 atom stereocenters. The zero-order chi connectivity index (χ0) is 44.1. The van der Waals surface area contributed by atoms with Gasteiger partial charge in [-0.3, -0.25) is 0 Å². The van der Waals surface area contributed by atoms with Crippen molar-refractivity contribution in [3.63, 3.8) is 0 Å². The lowest BCUT2D eigenvalue weighted by Gasteiger charge is -2.25. The molecule has 11 aromatic rings. The summed E-state index contributed by atoms with van der Waals surface area (Å²) in [5.74, 6) is 0.294. The first-order valence-corrected chi connectivity index (χ1v) is 22.7. The van der Waals surface area contributed by atoms with Gasteiger partial charge in [-0.25, -0.2) is 0 Å². The van der Waals surface area contributed by atoms with Gasteiger partial charge in [-0.05, 0) is 150 Å². The van der Waals surface area contributed by atoms with Crippen LogP contribution in [0.15, 0.2) is 176 Å². The minimum absolute atomic E-state index is 0.294. The standard InChI is InChI=1S/C63H48N2/c1-7-43-24-32-58-62(42(43)6)56-28-22-46(52-20-12-14-38(2)41(52)5)36-60(56)64(58)48-26-30-50(39(3)34-48)51-31-27-49(35-40(51)4)65-59-33-25-45-16-9-11-19-55(45)63(59)57-29-23-47(37-61(57)65)54-21-13-17-44-15-8-10-18-53(44)54/h7-34,36-37,40H,2,5-6,35H2,1,3-4H3. The van der Waals surface area contributed by atoms with Crippen LogP contribution in [0.3, 0.4) is 0 Å². The molecule has 2 aromatic heterocycles. The summed E-state index contributed by atoms with van der Waals surface area (Å²) in [6.07, 6.45) is 7.83. The predicted molar refractivity (Wildman–Crippen MR) is 282 cm³/mol. The third-order valence-corrected chi connectivity index (χ3v) is 14.3. The molecule has 9 aromatic carbocycles. The molecule has 0 N–H and O–H groups in total. The fourth-order valence-corrected chi connectivity index (χ4v) is 11.0. The molecule has 0 amide bonds. The molecule has 2 nitrogen and oxygen atoms in total. The van der Waals surface area contributed by atoms with Crippen molar-refractivity contribution in [2.24, 2.45) is 5.92 Å². The average Bonchev–Trinajstić information content (AvgIpc) is 3.85. The monoisotopic (exact) mass is 832 g/mol. The van der Waals surface area contributed by atoms with Gasteiger partial charge < -0.3 is 9.13 Å². The Balaban J connectivity index is 1.00. The van der Waals surface area contributed by atoms with E-state index in [0.717, 1.165) is 55.1 Å². The lowest BCUT2D eigenvalue weighted by Crippen LogP contribution is -2.23. The van der Waals surface area contributed by atoms with E-state index in [-0.39, 0.29) is 0 Å². The second-order valence-corrected chi connectivity index (χ2v) is 18.0. The molecule has 0 saturated heterocycles. The van der Waals surface area contributed by atoms with E-state index in [1.165, 1.54) is 87.6 Å². The molecule has 12 rings (SSSR count). The first kappa shape index (κ1) is 38.7. The SMILES string of the molecule is C=c1cccc(-c2ccc3c4c(=C)c(=CC)ccc4n(-c4ccc(C5=CC=C(n6c7cc(-c8cccc9ccccc89)ccc7c7c8ccccc8ccc76)CC5C)c(C)c4)c3c2)c1=C. The van der Waals surface area contributed by atoms with Crippen LogP contribution in [0.1, 0.15) is 31.4 Å². The summed E-state index contributed by atoms with van der Waals surface area (Å²) in [4.78, 5) is 0. The van der Waals surface area contributed by atoms with Gasteiger partial charge >= 0.3 is 0 Å². The van der Waals surface area contributed by atoms with Crippen molar-refractivity contribution >= 4 is 102 Å². The van der Waals surface area contributed by atoms with Crippen LogP contribution in [0.25, 0.3) is 130 Å². The van der Waals surface area contributed by atoms with Crippen LogP contribution >= 0.6 is 0 Å². The summed E-state index contributed by atoms with van der Waals surface area (Å²) >= 11 is 0. The summed E-state index contributed by atoms with van der Waals surface area (Å²) < 4.78 is 4.97. The van der Waals surface area contributed by atoms with Crippen molar-refractivity contribution in [1.29, 1.82) is 0 Å².